The normalized spacial score (nSPS) is 11.5. The first-order valence-corrected chi connectivity index (χ1v) is 7.11. The number of hydrogen-bond donors (Lipinski definition) is 0. The molecule has 124 valence electrons. The molecule has 24 heavy (non-hydrogen) atoms. The summed E-state index contributed by atoms with van der Waals surface area (Å²) < 4.78 is 37.7. The van der Waals surface area contributed by atoms with Crippen molar-refractivity contribution in [1.29, 1.82) is 0 Å². The standard InChI is InChI=1S/C16H14F2N4O2/c1-3-4-10-5-6-11(12(9-10)23-2)24-14-8-7-13-19-20-16(15(17)18)22(13)21-14/h3-9,15H,1-2H3/b4-3+. The molecule has 0 amide bonds. The summed E-state index contributed by atoms with van der Waals surface area (Å²) in [6, 6.07) is 8.40. The van der Waals surface area contributed by atoms with Crippen LogP contribution in [0.4, 0.5) is 8.78 Å². The number of alkyl halides is 2. The minimum atomic E-state index is -2.78. The van der Waals surface area contributed by atoms with Crippen molar-refractivity contribution in [2.45, 2.75) is 13.3 Å². The molecule has 0 bridgehead atoms. The molecule has 0 N–H and O–H groups in total. The van der Waals surface area contributed by atoms with Crippen molar-refractivity contribution in [2.24, 2.45) is 0 Å². The molecule has 3 aromatic rings. The lowest BCUT2D eigenvalue weighted by atomic mass is 10.2. The Hall–Kier alpha value is -3.03. The molecular formula is C16H14F2N4O2. The summed E-state index contributed by atoms with van der Waals surface area (Å²) >= 11 is 0. The monoisotopic (exact) mass is 332 g/mol. The molecule has 2 aromatic heterocycles. The highest BCUT2D eigenvalue weighted by Crippen LogP contribution is 2.32. The zero-order valence-electron chi connectivity index (χ0n) is 13.0. The molecule has 0 radical (unpaired) electrons. The number of nitrogens with zero attached hydrogens (tertiary/aromatic N) is 4. The van der Waals surface area contributed by atoms with Gasteiger partial charge in [0.15, 0.2) is 17.1 Å². The van der Waals surface area contributed by atoms with E-state index in [-0.39, 0.29) is 11.5 Å². The van der Waals surface area contributed by atoms with E-state index in [1.165, 1.54) is 19.2 Å². The van der Waals surface area contributed by atoms with Crippen LogP contribution < -0.4 is 9.47 Å². The number of benzene rings is 1. The number of ether oxygens (including phenoxy) is 2. The third-order valence-electron chi connectivity index (χ3n) is 3.22. The maximum absolute atomic E-state index is 12.9. The summed E-state index contributed by atoms with van der Waals surface area (Å²) in [4.78, 5) is 0. The predicted molar refractivity (Wildman–Crippen MR) is 83.5 cm³/mol. The molecule has 0 unspecified atom stereocenters. The molecule has 0 saturated heterocycles. The highest BCUT2D eigenvalue weighted by molar-refractivity contribution is 5.56. The Morgan fingerprint density at radius 3 is 2.67 bits per heavy atom. The molecule has 0 aliphatic heterocycles. The molecular weight excluding hydrogens is 318 g/mol. The van der Waals surface area contributed by atoms with Crippen LogP contribution in [-0.4, -0.2) is 26.9 Å². The first-order chi connectivity index (χ1) is 11.6. The third-order valence-corrected chi connectivity index (χ3v) is 3.22. The SMILES string of the molecule is C/C=C/c1ccc(Oc2ccc3nnc(C(F)F)n3n2)c(OC)c1. The van der Waals surface area contributed by atoms with E-state index in [2.05, 4.69) is 15.3 Å². The van der Waals surface area contributed by atoms with Crippen LogP contribution in [0.2, 0.25) is 0 Å². The van der Waals surface area contributed by atoms with E-state index in [1.54, 1.807) is 12.1 Å². The van der Waals surface area contributed by atoms with Gasteiger partial charge < -0.3 is 9.47 Å². The van der Waals surface area contributed by atoms with Crippen LogP contribution in [0.1, 0.15) is 24.7 Å². The Kier molecular flexibility index (Phi) is 4.37. The molecule has 2 heterocycles. The van der Waals surface area contributed by atoms with Crippen molar-refractivity contribution >= 4 is 11.7 Å². The van der Waals surface area contributed by atoms with Crippen molar-refractivity contribution < 1.29 is 18.3 Å². The van der Waals surface area contributed by atoms with Gasteiger partial charge in [0.05, 0.1) is 7.11 Å². The van der Waals surface area contributed by atoms with E-state index in [1.807, 2.05) is 25.1 Å². The van der Waals surface area contributed by atoms with E-state index in [9.17, 15) is 8.78 Å². The van der Waals surface area contributed by atoms with Crippen LogP contribution >= 0.6 is 0 Å². The van der Waals surface area contributed by atoms with Gasteiger partial charge in [-0.05, 0) is 30.7 Å². The van der Waals surface area contributed by atoms with Crippen LogP contribution in [0.25, 0.3) is 11.7 Å². The number of rotatable bonds is 5. The molecule has 0 atom stereocenters. The summed E-state index contributed by atoms with van der Waals surface area (Å²) in [6.45, 7) is 1.91. The number of fused-ring (bicyclic) bond motifs is 1. The van der Waals surface area contributed by atoms with Crippen LogP contribution in [0, 0.1) is 0 Å². The Labute approximate surface area is 136 Å². The van der Waals surface area contributed by atoms with Gasteiger partial charge in [0.2, 0.25) is 11.7 Å². The maximum Gasteiger partial charge on any atom is 0.299 e. The van der Waals surface area contributed by atoms with Crippen molar-refractivity contribution in [3.63, 3.8) is 0 Å². The summed E-state index contributed by atoms with van der Waals surface area (Å²) in [6.07, 6.45) is 1.04. The first-order valence-electron chi connectivity index (χ1n) is 7.11. The molecule has 0 spiro atoms. The van der Waals surface area contributed by atoms with Crippen LogP contribution in [0.5, 0.6) is 17.4 Å². The van der Waals surface area contributed by atoms with Gasteiger partial charge in [-0.2, -0.15) is 4.52 Å². The van der Waals surface area contributed by atoms with Crippen LogP contribution in [0.15, 0.2) is 36.4 Å². The fourth-order valence-electron chi connectivity index (χ4n) is 2.16. The lowest BCUT2D eigenvalue weighted by Crippen LogP contribution is -2.01. The number of allylic oxidation sites excluding steroid dienone is 1. The quantitative estimate of drug-likeness (QED) is 0.709. The van der Waals surface area contributed by atoms with Gasteiger partial charge in [0.25, 0.3) is 6.43 Å². The summed E-state index contributed by atoms with van der Waals surface area (Å²) in [5.74, 6) is 0.516. The molecule has 6 nitrogen and oxygen atoms in total. The van der Waals surface area contributed by atoms with Crippen molar-refractivity contribution in [2.75, 3.05) is 7.11 Å². The van der Waals surface area contributed by atoms with E-state index in [0.717, 1.165) is 10.1 Å². The summed E-state index contributed by atoms with van der Waals surface area (Å²) in [5.41, 5.74) is 1.16. The topological polar surface area (TPSA) is 61.5 Å². The number of aromatic nitrogens is 4. The van der Waals surface area contributed by atoms with Crippen LogP contribution in [-0.2, 0) is 0 Å². The molecule has 0 saturated carbocycles. The van der Waals surface area contributed by atoms with Crippen molar-refractivity contribution in [3.05, 3.63) is 47.8 Å². The summed E-state index contributed by atoms with van der Waals surface area (Å²) in [7, 11) is 1.52. The highest BCUT2D eigenvalue weighted by atomic mass is 19.3. The molecule has 0 fully saturated rings. The van der Waals surface area contributed by atoms with Gasteiger partial charge >= 0.3 is 0 Å². The average molecular weight is 332 g/mol. The van der Waals surface area contributed by atoms with Gasteiger partial charge in [-0.25, -0.2) is 8.78 Å². The van der Waals surface area contributed by atoms with Gasteiger partial charge in [-0.15, -0.1) is 15.3 Å². The van der Waals surface area contributed by atoms with E-state index < -0.39 is 12.2 Å². The van der Waals surface area contributed by atoms with Gasteiger partial charge in [-0.3, -0.25) is 0 Å². The Balaban J connectivity index is 1.96. The Morgan fingerprint density at radius 1 is 1.12 bits per heavy atom. The molecule has 3 rings (SSSR count). The van der Waals surface area contributed by atoms with E-state index >= 15 is 0 Å². The average Bonchev–Trinajstić information content (AvgIpc) is 3.00. The lowest BCUT2D eigenvalue weighted by molar-refractivity contribution is 0.137. The zero-order chi connectivity index (χ0) is 17.1. The second-order valence-corrected chi connectivity index (χ2v) is 4.81. The molecule has 0 aliphatic rings. The Bertz CT molecular complexity index is 893. The number of hydrogen-bond acceptors (Lipinski definition) is 5. The van der Waals surface area contributed by atoms with E-state index in [4.69, 9.17) is 9.47 Å². The third kappa shape index (κ3) is 3.03. The van der Waals surface area contributed by atoms with Crippen molar-refractivity contribution in [1.82, 2.24) is 19.8 Å². The largest absolute Gasteiger partial charge is 0.493 e. The minimum Gasteiger partial charge on any atom is -0.493 e. The first kappa shape index (κ1) is 15.9. The van der Waals surface area contributed by atoms with Crippen LogP contribution in [0.3, 0.4) is 0 Å². The predicted octanol–water partition coefficient (Wildman–Crippen LogP) is 3.90. The minimum absolute atomic E-state index is 0.126. The number of methoxy groups -OCH3 is 1. The second-order valence-electron chi connectivity index (χ2n) is 4.81. The van der Waals surface area contributed by atoms with Gasteiger partial charge in [0, 0.05) is 6.07 Å². The number of halogens is 2. The fourth-order valence-corrected chi connectivity index (χ4v) is 2.16. The van der Waals surface area contributed by atoms with E-state index in [0.29, 0.717) is 11.5 Å². The Morgan fingerprint density at radius 2 is 1.96 bits per heavy atom. The molecule has 8 heteroatoms. The lowest BCUT2D eigenvalue weighted by Gasteiger charge is -2.10. The highest BCUT2D eigenvalue weighted by Gasteiger charge is 2.17. The van der Waals surface area contributed by atoms with Gasteiger partial charge in [-0.1, -0.05) is 18.2 Å². The molecule has 0 aliphatic carbocycles. The second kappa shape index (κ2) is 6.61. The zero-order valence-corrected chi connectivity index (χ0v) is 13.0. The molecule has 1 aromatic carbocycles. The maximum atomic E-state index is 12.9. The smallest absolute Gasteiger partial charge is 0.299 e. The van der Waals surface area contributed by atoms with Crippen molar-refractivity contribution in [3.8, 4) is 17.4 Å². The summed E-state index contributed by atoms with van der Waals surface area (Å²) in [5, 5.41) is 11.1. The fraction of sp³-hybridized carbons (Fsp3) is 0.188. The van der Waals surface area contributed by atoms with Gasteiger partial charge in [0.1, 0.15) is 0 Å².